The number of pyridine rings is 1. The molecule has 4 nitrogen and oxygen atoms in total. The molecule has 18 heavy (non-hydrogen) atoms. The van der Waals surface area contributed by atoms with E-state index in [-0.39, 0.29) is 0 Å². The van der Waals surface area contributed by atoms with Crippen LogP contribution in [0.5, 0.6) is 0 Å². The van der Waals surface area contributed by atoms with Crippen molar-refractivity contribution < 1.29 is 0 Å². The van der Waals surface area contributed by atoms with Crippen LogP contribution in [0.3, 0.4) is 0 Å². The van der Waals surface area contributed by atoms with Crippen LogP contribution in [0.25, 0.3) is 0 Å². The highest BCUT2D eigenvalue weighted by Crippen LogP contribution is 2.26. The van der Waals surface area contributed by atoms with Gasteiger partial charge in [-0.3, -0.25) is 4.90 Å². The number of nitrogens with zero attached hydrogens (tertiary/aromatic N) is 3. The van der Waals surface area contributed by atoms with Crippen LogP contribution in [0.1, 0.15) is 31.0 Å². The highest BCUT2D eigenvalue weighted by atomic mass is 15.2. The Morgan fingerprint density at radius 2 is 2.39 bits per heavy atom. The largest absolute Gasteiger partial charge is 0.311 e. The van der Waals surface area contributed by atoms with Crippen LogP contribution in [0.4, 0.5) is 0 Å². The maximum Gasteiger partial charge on any atom is 0.140 e. The monoisotopic (exact) mass is 244 g/mol. The Morgan fingerprint density at radius 3 is 3.06 bits per heavy atom. The molecule has 1 aliphatic carbocycles. The molecule has 0 spiro atoms. The Morgan fingerprint density at radius 1 is 1.61 bits per heavy atom. The van der Waals surface area contributed by atoms with Crippen molar-refractivity contribution in [3.05, 3.63) is 29.6 Å². The molecule has 1 unspecified atom stereocenters. The second-order valence-electron chi connectivity index (χ2n) is 5.04. The highest BCUT2D eigenvalue weighted by molar-refractivity contribution is 5.25. The molecule has 1 aromatic heterocycles. The van der Waals surface area contributed by atoms with Crippen LogP contribution in [0.15, 0.2) is 18.3 Å². The average molecular weight is 244 g/mol. The highest BCUT2D eigenvalue weighted by Gasteiger charge is 2.28. The molecule has 1 aliphatic rings. The number of hydrogen-bond acceptors (Lipinski definition) is 4. The van der Waals surface area contributed by atoms with Gasteiger partial charge < -0.3 is 5.32 Å². The second kappa shape index (κ2) is 5.94. The number of hydrogen-bond donors (Lipinski definition) is 1. The van der Waals surface area contributed by atoms with Gasteiger partial charge in [0.25, 0.3) is 0 Å². The van der Waals surface area contributed by atoms with Gasteiger partial charge in [-0.15, -0.1) is 0 Å². The normalized spacial score (nSPS) is 16.6. The summed E-state index contributed by atoms with van der Waals surface area (Å²) < 4.78 is 0. The van der Waals surface area contributed by atoms with E-state index >= 15 is 0 Å². The van der Waals surface area contributed by atoms with Gasteiger partial charge in [0.1, 0.15) is 11.8 Å². The van der Waals surface area contributed by atoms with Crippen LogP contribution in [-0.2, 0) is 6.54 Å². The molecule has 2 rings (SSSR count). The predicted octanol–water partition coefficient (Wildman–Crippen LogP) is 1.53. The molecule has 4 heteroatoms. The molecule has 0 radical (unpaired) electrons. The minimum atomic E-state index is 0.484. The molecule has 0 aliphatic heterocycles. The fourth-order valence-corrected chi connectivity index (χ4v) is 2.06. The summed E-state index contributed by atoms with van der Waals surface area (Å²) in [7, 11) is 2.20. The van der Waals surface area contributed by atoms with Crippen molar-refractivity contribution in [2.24, 2.45) is 0 Å². The van der Waals surface area contributed by atoms with E-state index in [1.807, 2.05) is 12.1 Å². The molecule has 1 N–H and O–H groups in total. The van der Waals surface area contributed by atoms with Gasteiger partial charge in [-0.2, -0.15) is 5.26 Å². The van der Waals surface area contributed by atoms with Crippen molar-refractivity contribution in [2.45, 2.75) is 38.4 Å². The Hall–Kier alpha value is -1.44. The zero-order chi connectivity index (χ0) is 13.0. The van der Waals surface area contributed by atoms with Gasteiger partial charge in [0.2, 0.25) is 0 Å². The second-order valence-corrected chi connectivity index (χ2v) is 5.04. The SMILES string of the molecule is CC(CNCc1ccnc(C#N)c1)N(C)C1CC1. The topological polar surface area (TPSA) is 52.0 Å². The lowest BCUT2D eigenvalue weighted by molar-refractivity contribution is 0.241. The predicted molar refractivity (Wildman–Crippen MR) is 70.9 cm³/mol. The van der Waals surface area contributed by atoms with E-state index in [0.717, 1.165) is 24.7 Å². The van der Waals surface area contributed by atoms with E-state index in [2.05, 4.69) is 35.2 Å². The van der Waals surface area contributed by atoms with Gasteiger partial charge in [-0.25, -0.2) is 4.98 Å². The summed E-state index contributed by atoms with van der Waals surface area (Å²) in [5.41, 5.74) is 1.60. The van der Waals surface area contributed by atoms with E-state index in [4.69, 9.17) is 5.26 Å². The van der Waals surface area contributed by atoms with Gasteiger partial charge in [0.15, 0.2) is 0 Å². The standard InChI is InChI=1S/C14H20N4/c1-11(18(2)14-3-4-14)9-16-10-12-5-6-17-13(7-12)8-15/h5-7,11,14,16H,3-4,9-10H2,1-2H3. The third-order valence-electron chi connectivity index (χ3n) is 3.53. The van der Waals surface area contributed by atoms with Gasteiger partial charge in [-0.05, 0) is 44.5 Å². The fourth-order valence-electron chi connectivity index (χ4n) is 2.06. The van der Waals surface area contributed by atoms with Crippen molar-refractivity contribution in [1.82, 2.24) is 15.2 Å². The van der Waals surface area contributed by atoms with Gasteiger partial charge in [0, 0.05) is 31.4 Å². The van der Waals surface area contributed by atoms with Gasteiger partial charge in [0.05, 0.1) is 0 Å². The molecular formula is C14H20N4. The first kappa shape index (κ1) is 13.0. The quantitative estimate of drug-likeness (QED) is 0.824. The zero-order valence-electron chi connectivity index (χ0n) is 11.1. The van der Waals surface area contributed by atoms with Crippen molar-refractivity contribution in [1.29, 1.82) is 5.26 Å². The first-order chi connectivity index (χ1) is 8.70. The molecule has 96 valence electrons. The molecule has 1 saturated carbocycles. The smallest absolute Gasteiger partial charge is 0.140 e. The molecule has 0 bridgehead atoms. The lowest BCUT2D eigenvalue weighted by atomic mass is 10.2. The molecule has 0 aromatic carbocycles. The summed E-state index contributed by atoms with van der Waals surface area (Å²) in [4.78, 5) is 6.41. The number of likely N-dealkylation sites (N-methyl/N-ethyl adjacent to an activating group) is 1. The van der Waals surface area contributed by atoms with Gasteiger partial charge in [-0.1, -0.05) is 0 Å². The molecular weight excluding hydrogens is 224 g/mol. The first-order valence-electron chi connectivity index (χ1n) is 6.48. The van der Waals surface area contributed by atoms with Gasteiger partial charge >= 0.3 is 0 Å². The third-order valence-corrected chi connectivity index (χ3v) is 3.53. The van der Waals surface area contributed by atoms with Crippen LogP contribution in [-0.4, -0.2) is 35.6 Å². The first-order valence-corrected chi connectivity index (χ1v) is 6.48. The van der Waals surface area contributed by atoms with E-state index in [1.54, 1.807) is 6.20 Å². The molecule has 1 fully saturated rings. The summed E-state index contributed by atoms with van der Waals surface area (Å²) in [5.74, 6) is 0. The summed E-state index contributed by atoms with van der Waals surface area (Å²) in [6.45, 7) is 4.01. The van der Waals surface area contributed by atoms with Crippen LogP contribution < -0.4 is 5.32 Å². The minimum Gasteiger partial charge on any atom is -0.311 e. The van der Waals surface area contributed by atoms with E-state index in [9.17, 15) is 0 Å². The lowest BCUT2D eigenvalue weighted by Gasteiger charge is -2.24. The summed E-state index contributed by atoms with van der Waals surface area (Å²) in [6, 6.07) is 7.19. The molecule has 1 atom stereocenters. The maximum atomic E-state index is 8.78. The van der Waals surface area contributed by atoms with Crippen LogP contribution >= 0.6 is 0 Å². The molecule has 1 aromatic rings. The number of aromatic nitrogens is 1. The molecule has 0 saturated heterocycles. The average Bonchev–Trinajstić information content (AvgIpc) is 3.22. The van der Waals surface area contributed by atoms with Crippen molar-refractivity contribution in [3.63, 3.8) is 0 Å². The number of nitriles is 1. The van der Waals surface area contributed by atoms with Crippen molar-refractivity contribution in [2.75, 3.05) is 13.6 Å². The summed E-state index contributed by atoms with van der Waals surface area (Å²) in [6.07, 6.45) is 4.38. The number of rotatable bonds is 6. The Labute approximate surface area is 109 Å². The Bertz CT molecular complexity index is 434. The Balaban J connectivity index is 1.75. The van der Waals surface area contributed by atoms with Crippen LogP contribution in [0.2, 0.25) is 0 Å². The van der Waals surface area contributed by atoms with Crippen molar-refractivity contribution in [3.8, 4) is 6.07 Å². The fraction of sp³-hybridized carbons (Fsp3) is 0.571. The zero-order valence-corrected chi connectivity index (χ0v) is 11.1. The Kier molecular flexibility index (Phi) is 4.29. The molecule has 0 amide bonds. The third kappa shape index (κ3) is 3.52. The molecule has 1 heterocycles. The van der Waals surface area contributed by atoms with E-state index < -0.39 is 0 Å². The maximum absolute atomic E-state index is 8.78. The van der Waals surface area contributed by atoms with Crippen LogP contribution in [0, 0.1) is 11.3 Å². The number of nitrogens with one attached hydrogen (secondary N) is 1. The van der Waals surface area contributed by atoms with E-state index in [1.165, 1.54) is 12.8 Å². The minimum absolute atomic E-state index is 0.484. The van der Waals surface area contributed by atoms with Crippen molar-refractivity contribution >= 4 is 0 Å². The lowest BCUT2D eigenvalue weighted by Crippen LogP contribution is -2.38. The summed E-state index contributed by atoms with van der Waals surface area (Å²) >= 11 is 0. The van der Waals surface area contributed by atoms with E-state index in [0.29, 0.717) is 11.7 Å². The summed E-state index contributed by atoms with van der Waals surface area (Å²) in [5, 5.41) is 12.2.